The highest BCUT2D eigenvalue weighted by Gasteiger charge is 2.42. The van der Waals surface area contributed by atoms with Gasteiger partial charge in [-0.2, -0.15) is 0 Å². The first-order valence-corrected chi connectivity index (χ1v) is 28.1. The topological polar surface area (TPSA) is 179 Å². The molecule has 384 valence electrons. The molecule has 3 aliphatic heterocycles. The number of nitrogens with one attached hydrogen (secondary N) is 4. The van der Waals surface area contributed by atoms with E-state index in [1.54, 1.807) is 9.80 Å². The van der Waals surface area contributed by atoms with Gasteiger partial charge in [0.15, 0.2) is 0 Å². The number of hydrogen-bond donors (Lipinski definition) is 4. The van der Waals surface area contributed by atoms with Crippen molar-refractivity contribution in [3.8, 4) is 0 Å². The van der Waals surface area contributed by atoms with Crippen LogP contribution in [0.4, 0.5) is 26.7 Å². The smallest absolute Gasteiger partial charge is 0.407 e. The van der Waals surface area contributed by atoms with E-state index in [9.17, 15) is 28.8 Å². The second kappa shape index (κ2) is 23.7. The number of ether oxygens (including phenoxy) is 2. The van der Waals surface area contributed by atoms with E-state index >= 15 is 0 Å². The Morgan fingerprint density at radius 2 is 0.958 bits per heavy atom. The fourth-order valence-corrected chi connectivity index (χ4v) is 15.3. The first-order chi connectivity index (χ1) is 34.6. The molecule has 3 saturated heterocycles. The van der Waals surface area contributed by atoms with Crippen LogP contribution >= 0.6 is 0 Å². The second-order valence-electron chi connectivity index (χ2n) is 20.0. The summed E-state index contributed by atoms with van der Waals surface area (Å²) >= 11 is 0. The van der Waals surface area contributed by atoms with Crippen molar-refractivity contribution < 1.29 is 38.2 Å². The van der Waals surface area contributed by atoms with Crippen LogP contribution in [-0.2, 0) is 28.7 Å². The van der Waals surface area contributed by atoms with Crippen LogP contribution in [0.25, 0.3) is 0 Å². The fraction of sp³-hybridized carbons (Fsp3) is 0.464. The molecule has 3 aliphatic rings. The van der Waals surface area contributed by atoms with Crippen LogP contribution in [0.5, 0.6) is 0 Å². The monoisotopic (exact) mass is 1000 g/mol. The summed E-state index contributed by atoms with van der Waals surface area (Å²) in [5.74, 6) is -1.56. The number of carbonyl (C=O) groups excluding carboxylic acids is 6. The minimum atomic E-state index is -2.01. The minimum Gasteiger partial charge on any atom is -0.453 e. The quantitative estimate of drug-likeness (QED) is 0.0764. The molecule has 6 atom stereocenters. The zero-order valence-electron chi connectivity index (χ0n) is 43.1. The van der Waals surface area contributed by atoms with Gasteiger partial charge in [-0.3, -0.25) is 19.2 Å². The largest absolute Gasteiger partial charge is 0.453 e. The Morgan fingerprint density at radius 3 is 1.33 bits per heavy atom. The molecule has 0 saturated carbocycles. The van der Waals surface area contributed by atoms with Crippen LogP contribution < -0.4 is 36.5 Å². The van der Waals surface area contributed by atoms with Gasteiger partial charge in [0, 0.05) is 30.2 Å². The molecule has 3 fully saturated rings. The van der Waals surface area contributed by atoms with Crippen LogP contribution in [0.1, 0.15) is 103 Å². The van der Waals surface area contributed by atoms with Crippen molar-refractivity contribution in [1.29, 1.82) is 0 Å². The molecular formula is C56H73N7O8Si. The number of likely N-dealkylation sites (tertiary alicyclic amines) is 2. The van der Waals surface area contributed by atoms with Crippen LogP contribution in [0.2, 0.25) is 12.1 Å². The summed E-state index contributed by atoms with van der Waals surface area (Å²) in [5, 5.41) is 14.3. The van der Waals surface area contributed by atoms with Crippen LogP contribution in [0, 0.1) is 11.8 Å². The average molecular weight is 1000 g/mol. The zero-order valence-corrected chi connectivity index (χ0v) is 44.1. The van der Waals surface area contributed by atoms with Crippen LogP contribution in [0.15, 0.2) is 103 Å². The number of rotatable bonds is 17. The fourth-order valence-electron chi connectivity index (χ4n) is 11.2. The Kier molecular flexibility index (Phi) is 17.5. The molecule has 4 aromatic rings. The molecule has 0 aromatic heterocycles. The maximum Gasteiger partial charge on any atom is 0.407 e. The van der Waals surface area contributed by atoms with Gasteiger partial charge in [-0.15, -0.1) is 0 Å². The Morgan fingerprint density at radius 1 is 0.556 bits per heavy atom. The predicted molar refractivity (Wildman–Crippen MR) is 284 cm³/mol. The summed E-state index contributed by atoms with van der Waals surface area (Å²) in [6.07, 6.45) is 2.74. The molecule has 0 unspecified atom stereocenters. The number of methoxy groups -OCH3 is 2. The number of nitrogens with zero attached hydrogens (tertiary/aromatic N) is 3. The van der Waals surface area contributed by atoms with Gasteiger partial charge in [-0.1, -0.05) is 131 Å². The van der Waals surface area contributed by atoms with E-state index < -0.39 is 44.4 Å². The lowest BCUT2D eigenvalue weighted by atomic mass is 10.0. The van der Waals surface area contributed by atoms with Crippen molar-refractivity contribution in [3.63, 3.8) is 0 Å². The highest BCUT2D eigenvalue weighted by Crippen LogP contribution is 2.47. The third-order valence-electron chi connectivity index (χ3n) is 15.2. The molecule has 72 heavy (non-hydrogen) atoms. The number of benzene rings is 4. The van der Waals surface area contributed by atoms with Gasteiger partial charge in [0.2, 0.25) is 23.6 Å². The molecule has 0 radical (unpaired) electrons. The molecule has 0 spiro atoms. The Balaban J connectivity index is 1.11. The Hall–Kier alpha value is -6.68. The number of carbonyl (C=O) groups is 6. The van der Waals surface area contributed by atoms with E-state index in [0.29, 0.717) is 50.1 Å². The van der Waals surface area contributed by atoms with E-state index in [1.165, 1.54) is 24.6 Å². The molecule has 3 heterocycles. The zero-order chi connectivity index (χ0) is 51.7. The summed E-state index contributed by atoms with van der Waals surface area (Å²) in [4.78, 5) is 84.8. The van der Waals surface area contributed by atoms with E-state index in [4.69, 9.17) is 9.47 Å². The molecular weight excluding hydrogens is 927 g/mol. The number of hydrogen-bond acceptors (Lipinski definition) is 9. The third-order valence-corrected chi connectivity index (χ3v) is 20.5. The lowest BCUT2D eigenvalue weighted by Crippen LogP contribution is -2.57. The van der Waals surface area contributed by atoms with Crippen molar-refractivity contribution >= 4 is 71.3 Å². The highest BCUT2D eigenvalue weighted by atomic mass is 28.3. The molecule has 4 aromatic carbocycles. The van der Waals surface area contributed by atoms with E-state index in [1.807, 2.05) is 52.0 Å². The predicted octanol–water partition coefficient (Wildman–Crippen LogP) is 7.99. The summed E-state index contributed by atoms with van der Waals surface area (Å²) < 4.78 is 9.54. The lowest BCUT2D eigenvalue weighted by molar-refractivity contribution is -0.139. The number of anilines is 3. The number of alkyl carbamates (subject to hydrolysis) is 2. The van der Waals surface area contributed by atoms with Crippen molar-refractivity contribution in [2.24, 2.45) is 11.8 Å². The molecule has 0 aliphatic carbocycles. The van der Waals surface area contributed by atoms with E-state index in [2.05, 4.69) is 119 Å². The normalized spacial score (nSPS) is 19.7. The summed E-state index contributed by atoms with van der Waals surface area (Å²) in [7, 11) is 0.497. The Bertz CT molecular complexity index is 2400. The van der Waals surface area contributed by atoms with Gasteiger partial charge in [-0.25, -0.2) is 9.59 Å². The van der Waals surface area contributed by atoms with Crippen molar-refractivity contribution in [1.82, 2.24) is 20.4 Å². The van der Waals surface area contributed by atoms with E-state index in [0.717, 1.165) is 41.7 Å². The van der Waals surface area contributed by atoms with Crippen LogP contribution in [0.3, 0.4) is 0 Å². The lowest BCUT2D eigenvalue weighted by Gasteiger charge is -2.35. The van der Waals surface area contributed by atoms with Crippen molar-refractivity contribution in [2.45, 2.75) is 128 Å². The van der Waals surface area contributed by atoms with Gasteiger partial charge in [0.1, 0.15) is 32.2 Å². The summed E-state index contributed by atoms with van der Waals surface area (Å²) in [6.45, 7) is 12.9. The summed E-state index contributed by atoms with van der Waals surface area (Å²) in [5.41, 5.74) is 4.56. The SMILES string of the molecule is CC[Si](CC)(c1ccccc1)c1ccc(N2[C@H](c3ccc(NC(=O)[C@@H]4CCCN4C(=O)[C@@H](NC(=O)OC)C(C)C)cc3)CC[C@H]2c2ccc(NC(=O)[C@@H]3CCCN3C(=O)[C@@H](NC(=O)OC)C(C)C)cc2)cc1. The van der Waals surface area contributed by atoms with Gasteiger partial charge in [0.25, 0.3) is 0 Å². The van der Waals surface area contributed by atoms with Crippen molar-refractivity contribution in [2.75, 3.05) is 42.8 Å². The highest BCUT2D eigenvalue weighted by molar-refractivity contribution is 7.02. The average Bonchev–Trinajstić information content (AvgIpc) is 4.20. The van der Waals surface area contributed by atoms with Crippen molar-refractivity contribution in [3.05, 3.63) is 114 Å². The van der Waals surface area contributed by atoms with Crippen LogP contribution in [-0.4, -0.2) is 105 Å². The Labute approximate surface area is 425 Å². The van der Waals surface area contributed by atoms with Gasteiger partial charge < -0.3 is 45.4 Å². The van der Waals surface area contributed by atoms with Gasteiger partial charge in [0.05, 0.1) is 26.3 Å². The molecule has 0 bridgehead atoms. The van der Waals surface area contributed by atoms with Gasteiger partial charge in [-0.05, 0) is 97.9 Å². The molecule has 4 N–H and O–H groups in total. The van der Waals surface area contributed by atoms with Gasteiger partial charge >= 0.3 is 12.2 Å². The molecule has 16 heteroatoms. The maximum absolute atomic E-state index is 13.8. The first kappa shape index (κ1) is 53.1. The molecule has 6 amide bonds. The molecule has 7 rings (SSSR count). The summed E-state index contributed by atoms with van der Waals surface area (Å²) in [6, 6.07) is 35.4. The molecule has 15 nitrogen and oxygen atoms in total. The standard InChI is InChI=1S/C56H73N7O8Si/c1-9-72(10-2,43-16-12-11-13-17-43)44-30-28-42(29-31-44)63-45(38-20-24-40(25-21-38)57-51(64)47-18-14-34-61(47)53(66)49(36(3)4)59-55(68)70-7)32-33-46(63)39-22-26-41(27-23-39)58-52(65)48-19-15-35-62(48)54(67)50(37(5)6)60-56(69)71-8/h11-13,16-17,20-31,36-37,45-50H,9-10,14-15,18-19,32-35H2,1-8H3,(H,57,64)(H,58,65)(H,59,68)(H,60,69)/t45-,46-,47-,48-,49-,50-/m0/s1. The van der Waals surface area contributed by atoms with E-state index in [-0.39, 0.29) is 47.5 Å². The first-order valence-electron chi connectivity index (χ1n) is 25.7. The number of amides is 6. The maximum atomic E-state index is 13.8. The minimum absolute atomic E-state index is 0.00547. The third kappa shape index (κ3) is 11.5. The second-order valence-corrected chi connectivity index (χ2v) is 24.8.